The van der Waals surface area contributed by atoms with Crippen LogP contribution in [0.1, 0.15) is 25.3 Å². The maximum absolute atomic E-state index is 11.3. The number of carboxylic acid groups (broad SMARTS) is 1. The van der Waals surface area contributed by atoms with Gasteiger partial charge in [0, 0.05) is 18.5 Å². The van der Waals surface area contributed by atoms with E-state index in [1.165, 1.54) is 0 Å². The summed E-state index contributed by atoms with van der Waals surface area (Å²) in [5, 5.41) is 14.8. The largest absolute Gasteiger partial charge is 0.493 e. The van der Waals surface area contributed by atoms with Crippen LogP contribution in [0.5, 0.6) is 5.75 Å². The van der Waals surface area contributed by atoms with Crippen molar-refractivity contribution in [3.8, 4) is 5.75 Å². The van der Waals surface area contributed by atoms with Gasteiger partial charge < -0.3 is 20.5 Å². The Kier molecular flexibility index (Phi) is 4.47. The van der Waals surface area contributed by atoms with Gasteiger partial charge in [-0.25, -0.2) is 0 Å². The smallest absolute Gasteiger partial charge is 0.323 e. The summed E-state index contributed by atoms with van der Waals surface area (Å²) in [5.41, 5.74) is 0.869. The minimum absolute atomic E-state index is 0.0300. The van der Waals surface area contributed by atoms with Crippen LogP contribution in [0.2, 0.25) is 0 Å². The number of nitrogens with one attached hydrogen (secondary N) is 2. The molecule has 0 aromatic heterocycles. The molecule has 3 N–H and O–H groups in total. The molecule has 0 saturated heterocycles. The number of carbonyl (C=O) groups excluding carboxylic acids is 1. The van der Waals surface area contributed by atoms with Gasteiger partial charge in [0.15, 0.2) is 0 Å². The summed E-state index contributed by atoms with van der Waals surface area (Å²) in [7, 11) is 1.62. The first-order valence-electron chi connectivity index (χ1n) is 6.92. The first-order chi connectivity index (χ1) is 9.94. The normalized spacial score (nSPS) is 16.6. The van der Waals surface area contributed by atoms with Gasteiger partial charge in [-0.2, -0.15) is 0 Å². The predicted octanol–water partition coefficient (Wildman–Crippen LogP) is 1.40. The molecule has 1 amide bonds. The Balaban J connectivity index is 1.95. The Labute approximate surface area is 123 Å². The minimum atomic E-state index is -0.998. The van der Waals surface area contributed by atoms with Crippen LogP contribution >= 0.6 is 0 Å². The molecule has 0 aliphatic carbocycles. The third-order valence-corrected chi connectivity index (χ3v) is 3.87. The van der Waals surface area contributed by atoms with E-state index >= 15 is 0 Å². The molecule has 1 aliphatic heterocycles. The molecule has 21 heavy (non-hydrogen) atoms. The number of carboxylic acids is 1. The maximum Gasteiger partial charge on any atom is 0.323 e. The molecule has 0 spiro atoms. The van der Waals surface area contributed by atoms with Crippen molar-refractivity contribution in [2.75, 3.05) is 19.0 Å². The molecule has 0 bridgehead atoms. The van der Waals surface area contributed by atoms with E-state index in [1.807, 2.05) is 12.1 Å². The van der Waals surface area contributed by atoms with E-state index in [0.717, 1.165) is 11.3 Å². The summed E-state index contributed by atoms with van der Waals surface area (Å²) in [6.45, 7) is 1.93. The first kappa shape index (κ1) is 15.3. The van der Waals surface area contributed by atoms with Crippen molar-refractivity contribution < 1.29 is 19.4 Å². The molecule has 1 aliphatic rings. The van der Waals surface area contributed by atoms with Crippen molar-refractivity contribution in [2.24, 2.45) is 0 Å². The summed E-state index contributed by atoms with van der Waals surface area (Å²) >= 11 is 0. The second-order valence-electron chi connectivity index (χ2n) is 5.35. The lowest BCUT2D eigenvalue weighted by Gasteiger charge is -2.24. The lowest BCUT2D eigenvalue weighted by molar-refractivity contribution is -0.144. The molecule has 1 unspecified atom stereocenters. The van der Waals surface area contributed by atoms with Gasteiger partial charge in [0.05, 0.1) is 6.61 Å². The van der Waals surface area contributed by atoms with Gasteiger partial charge >= 0.3 is 5.97 Å². The molecule has 2 rings (SSSR count). The van der Waals surface area contributed by atoms with Gasteiger partial charge in [0.25, 0.3) is 0 Å². The standard InChI is InChI=1S/C15H20N2O4/c1-15(16-2,14(19)20)7-8-21-11-4-5-12-10(9-11)3-6-13(18)17-12/h4-5,9,16H,3,6-8H2,1-2H3,(H,17,18)(H,19,20). The fourth-order valence-corrected chi connectivity index (χ4v) is 2.16. The van der Waals surface area contributed by atoms with E-state index in [1.54, 1.807) is 20.0 Å². The average Bonchev–Trinajstić information content (AvgIpc) is 2.47. The molecular formula is C15H20N2O4. The minimum Gasteiger partial charge on any atom is -0.493 e. The quantitative estimate of drug-likeness (QED) is 0.737. The summed E-state index contributed by atoms with van der Waals surface area (Å²) in [4.78, 5) is 22.4. The number of hydrogen-bond acceptors (Lipinski definition) is 4. The molecule has 1 heterocycles. The number of amides is 1. The maximum atomic E-state index is 11.3. The van der Waals surface area contributed by atoms with Crippen LogP contribution in [-0.2, 0) is 16.0 Å². The van der Waals surface area contributed by atoms with Crippen LogP contribution in [0.3, 0.4) is 0 Å². The van der Waals surface area contributed by atoms with Crippen molar-refractivity contribution in [1.82, 2.24) is 5.32 Å². The number of benzene rings is 1. The highest BCUT2D eigenvalue weighted by molar-refractivity contribution is 5.94. The molecule has 114 valence electrons. The Morgan fingerprint density at radius 3 is 2.90 bits per heavy atom. The second kappa shape index (κ2) is 6.13. The van der Waals surface area contributed by atoms with Crippen LogP contribution in [0.4, 0.5) is 5.69 Å². The molecule has 6 heteroatoms. The van der Waals surface area contributed by atoms with Crippen LogP contribution in [0.15, 0.2) is 18.2 Å². The second-order valence-corrected chi connectivity index (χ2v) is 5.35. The van der Waals surface area contributed by atoms with E-state index in [9.17, 15) is 9.59 Å². The van der Waals surface area contributed by atoms with Gasteiger partial charge in [0.2, 0.25) is 5.91 Å². The van der Waals surface area contributed by atoms with Crippen molar-refractivity contribution >= 4 is 17.6 Å². The summed E-state index contributed by atoms with van der Waals surface area (Å²) in [6.07, 6.45) is 1.53. The SMILES string of the molecule is CNC(C)(CCOc1ccc2c(c1)CCC(=O)N2)C(=O)O. The fraction of sp³-hybridized carbons (Fsp3) is 0.467. The molecule has 1 aromatic carbocycles. The number of aliphatic carboxylic acids is 1. The Morgan fingerprint density at radius 1 is 1.48 bits per heavy atom. The lowest BCUT2D eigenvalue weighted by atomic mass is 9.99. The molecule has 0 radical (unpaired) electrons. The van der Waals surface area contributed by atoms with Crippen LogP contribution in [-0.4, -0.2) is 36.2 Å². The topological polar surface area (TPSA) is 87.7 Å². The number of carbonyl (C=O) groups is 2. The number of rotatable bonds is 6. The number of ether oxygens (including phenoxy) is 1. The zero-order chi connectivity index (χ0) is 15.5. The molecule has 0 saturated carbocycles. The third-order valence-electron chi connectivity index (χ3n) is 3.87. The van der Waals surface area contributed by atoms with Gasteiger partial charge in [-0.15, -0.1) is 0 Å². The third kappa shape index (κ3) is 3.52. The molecule has 6 nitrogen and oxygen atoms in total. The monoisotopic (exact) mass is 292 g/mol. The van der Waals surface area contributed by atoms with Gasteiger partial charge in [-0.1, -0.05) is 0 Å². The number of likely N-dealkylation sites (N-methyl/N-ethyl adjacent to an activating group) is 1. The Morgan fingerprint density at radius 2 is 2.24 bits per heavy atom. The van der Waals surface area contributed by atoms with E-state index < -0.39 is 11.5 Å². The predicted molar refractivity (Wildman–Crippen MR) is 78.6 cm³/mol. The van der Waals surface area contributed by atoms with Crippen molar-refractivity contribution in [3.05, 3.63) is 23.8 Å². The first-order valence-corrected chi connectivity index (χ1v) is 6.92. The van der Waals surface area contributed by atoms with Crippen molar-refractivity contribution in [1.29, 1.82) is 0 Å². The lowest BCUT2D eigenvalue weighted by Crippen LogP contribution is -2.48. The van der Waals surface area contributed by atoms with Gasteiger partial charge in [0.1, 0.15) is 11.3 Å². The zero-order valence-corrected chi connectivity index (χ0v) is 12.2. The number of hydrogen-bond donors (Lipinski definition) is 3. The fourth-order valence-electron chi connectivity index (χ4n) is 2.16. The van der Waals surface area contributed by atoms with E-state index in [0.29, 0.717) is 31.6 Å². The van der Waals surface area contributed by atoms with E-state index in [-0.39, 0.29) is 5.91 Å². The number of fused-ring (bicyclic) bond motifs is 1. The van der Waals surface area contributed by atoms with Crippen LogP contribution in [0.25, 0.3) is 0 Å². The van der Waals surface area contributed by atoms with Gasteiger partial charge in [-0.05, 0) is 44.2 Å². The Hall–Kier alpha value is -2.08. The molecule has 1 aromatic rings. The Bertz CT molecular complexity index is 559. The van der Waals surface area contributed by atoms with Gasteiger partial charge in [-0.3, -0.25) is 9.59 Å². The van der Waals surface area contributed by atoms with Crippen molar-refractivity contribution in [2.45, 2.75) is 31.7 Å². The number of anilines is 1. The molecule has 1 atom stereocenters. The molecule has 0 fully saturated rings. The zero-order valence-electron chi connectivity index (χ0n) is 12.2. The molecular weight excluding hydrogens is 272 g/mol. The van der Waals surface area contributed by atoms with Crippen molar-refractivity contribution in [3.63, 3.8) is 0 Å². The van der Waals surface area contributed by atoms with E-state index in [4.69, 9.17) is 9.84 Å². The van der Waals surface area contributed by atoms with Crippen LogP contribution < -0.4 is 15.4 Å². The summed E-state index contributed by atoms with van der Waals surface area (Å²) in [6, 6.07) is 5.49. The van der Waals surface area contributed by atoms with E-state index in [2.05, 4.69) is 10.6 Å². The highest BCUT2D eigenvalue weighted by atomic mass is 16.5. The summed E-state index contributed by atoms with van der Waals surface area (Å²) < 4.78 is 5.63. The summed E-state index contributed by atoms with van der Waals surface area (Å²) in [5.74, 6) is -0.182. The highest BCUT2D eigenvalue weighted by Gasteiger charge is 2.30. The average molecular weight is 292 g/mol. The number of aryl methyl sites for hydroxylation is 1. The van der Waals surface area contributed by atoms with Crippen LogP contribution in [0, 0.1) is 0 Å². The highest BCUT2D eigenvalue weighted by Crippen LogP contribution is 2.27.